The first-order chi connectivity index (χ1) is 9.26. The first kappa shape index (κ1) is 13.5. The van der Waals surface area contributed by atoms with Gasteiger partial charge in [0.1, 0.15) is 12.4 Å². The number of anilines is 2. The molecule has 1 aromatic rings. The van der Waals surface area contributed by atoms with Crippen molar-refractivity contribution in [2.45, 2.75) is 25.6 Å². The van der Waals surface area contributed by atoms with Crippen molar-refractivity contribution in [3.05, 3.63) is 18.2 Å². The molecule has 6 nitrogen and oxygen atoms in total. The van der Waals surface area contributed by atoms with Gasteiger partial charge in [-0.3, -0.25) is 10.0 Å². The molecule has 0 bridgehead atoms. The molecular formula is C13H19N3O3S. The van der Waals surface area contributed by atoms with Crippen LogP contribution in [0.3, 0.4) is 0 Å². The summed E-state index contributed by atoms with van der Waals surface area (Å²) in [7, 11) is -3.28. The summed E-state index contributed by atoms with van der Waals surface area (Å²) < 4.78 is 31.0. The standard InChI is InChI=1S/C13H19N3O3S/c1-13(2)14-7-10-8-19-12-5-4-9(15-20(3,17)18)6-11(12)16(10)13/h4-6,10,14-15H,7-8H2,1-3H3. The van der Waals surface area contributed by atoms with Gasteiger partial charge in [-0.25, -0.2) is 8.42 Å². The third kappa shape index (κ3) is 2.31. The fraction of sp³-hybridized carbons (Fsp3) is 0.538. The van der Waals surface area contributed by atoms with Gasteiger partial charge in [-0.15, -0.1) is 0 Å². The largest absolute Gasteiger partial charge is 0.489 e. The van der Waals surface area contributed by atoms with Crippen molar-refractivity contribution in [2.75, 3.05) is 29.0 Å². The predicted octanol–water partition coefficient (Wildman–Crippen LogP) is 0.965. The lowest BCUT2D eigenvalue weighted by molar-refractivity contribution is 0.268. The van der Waals surface area contributed by atoms with E-state index in [9.17, 15) is 8.42 Å². The molecule has 1 fully saturated rings. The maximum absolute atomic E-state index is 11.4. The number of nitrogens with zero attached hydrogens (tertiary/aromatic N) is 1. The lowest BCUT2D eigenvalue weighted by Gasteiger charge is -2.41. The van der Waals surface area contributed by atoms with Crippen molar-refractivity contribution in [1.82, 2.24) is 5.32 Å². The predicted molar refractivity (Wildman–Crippen MR) is 78.8 cm³/mol. The second-order valence-corrected chi connectivity index (χ2v) is 7.58. The summed E-state index contributed by atoms with van der Waals surface area (Å²) in [4.78, 5) is 2.26. The Balaban J connectivity index is 2.03. The molecule has 1 saturated heterocycles. The number of rotatable bonds is 2. The van der Waals surface area contributed by atoms with Crippen LogP contribution < -0.4 is 19.7 Å². The molecule has 2 heterocycles. The molecule has 0 aromatic heterocycles. The van der Waals surface area contributed by atoms with Gasteiger partial charge in [-0.2, -0.15) is 0 Å². The van der Waals surface area contributed by atoms with Crippen molar-refractivity contribution in [3.63, 3.8) is 0 Å². The van der Waals surface area contributed by atoms with Crippen molar-refractivity contribution in [1.29, 1.82) is 0 Å². The fourth-order valence-electron chi connectivity index (χ4n) is 2.92. The minimum Gasteiger partial charge on any atom is -0.489 e. The van der Waals surface area contributed by atoms with Crippen LogP contribution >= 0.6 is 0 Å². The first-order valence-electron chi connectivity index (χ1n) is 6.55. The number of ether oxygens (including phenoxy) is 1. The summed E-state index contributed by atoms with van der Waals surface area (Å²) in [5.74, 6) is 0.789. The minimum atomic E-state index is -3.28. The van der Waals surface area contributed by atoms with Crippen LogP contribution in [-0.4, -0.2) is 39.5 Å². The highest BCUT2D eigenvalue weighted by atomic mass is 32.2. The zero-order chi connectivity index (χ0) is 14.5. The lowest BCUT2D eigenvalue weighted by Crippen LogP contribution is -2.51. The number of nitrogens with one attached hydrogen (secondary N) is 2. The van der Waals surface area contributed by atoms with E-state index in [1.165, 1.54) is 0 Å². The van der Waals surface area contributed by atoms with E-state index < -0.39 is 10.0 Å². The second-order valence-electron chi connectivity index (χ2n) is 5.83. The molecule has 0 amide bonds. The van der Waals surface area contributed by atoms with Gasteiger partial charge in [0.15, 0.2) is 0 Å². The molecule has 2 aliphatic rings. The Bertz CT molecular complexity index is 642. The monoisotopic (exact) mass is 297 g/mol. The average molecular weight is 297 g/mol. The van der Waals surface area contributed by atoms with E-state index in [0.29, 0.717) is 12.3 Å². The zero-order valence-corrected chi connectivity index (χ0v) is 12.6. The topological polar surface area (TPSA) is 70.7 Å². The fourth-order valence-corrected chi connectivity index (χ4v) is 3.48. The van der Waals surface area contributed by atoms with E-state index in [2.05, 4.69) is 28.8 Å². The normalized spacial score (nSPS) is 23.8. The third-order valence-corrected chi connectivity index (χ3v) is 4.30. The van der Waals surface area contributed by atoms with Crippen molar-refractivity contribution < 1.29 is 13.2 Å². The Hall–Kier alpha value is -1.47. The summed E-state index contributed by atoms with van der Waals surface area (Å²) in [5.41, 5.74) is 1.30. The maximum atomic E-state index is 11.4. The molecule has 1 atom stereocenters. The van der Waals surface area contributed by atoms with Crippen molar-refractivity contribution in [2.24, 2.45) is 0 Å². The molecule has 0 aliphatic carbocycles. The number of sulfonamides is 1. The van der Waals surface area contributed by atoms with Gasteiger partial charge >= 0.3 is 0 Å². The summed E-state index contributed by atoms with van der Waals surface area (Å²) in [6.45, 7) is 5.72. The SMILES string of the molecule is CC1(C)NCC2COc3ccc(NS(C)(=O)=O)cc3N21. The van der Waals surface area contributed by atoms with E-state index in [-0.39, 0.29) is 11.7 Å². The minimum absolute atomic E-state index is 0.174. The highest BCUT2D eigenvalue weighted by Crippen LogP contribution is 2.41. The van der Waals surface area contributed by atoms with Crippen LogP contribution in [0.4, 0.5) is 11.4 Å². The summed E-state index contributed by atoms with van der Waals surface area (Å²) in [5, 5.41) is 3.45. The molecule has 0 radical (unpaired) electrons. The molecule has 1 unspecified atom stereocenters. The van der Waals surface area contributed by atoms with Crippen LogP contribution in [0.2, 0.25) is 0 Å². The number of benzene rings is 1. The highest BCUT2D eigenvalue weighted by molar-refractivity contribution is 7.92. The quantitative estimate of drug-likeness (QED) is 0.851. The summed E-state index contributed by atoms with van der Waals surface area (Å²) in [6, 6.07) is 5.63. The molecule has 20 heavy (non-hydrogen) atoms. The molecule has 0 saturated carbocycles. The highest BCUT2D eigenvalue weighted by Gasteiger charge is 2.43. The zero-order valence-electron chi connectivity index (χ0n) is 11.8. The Morgan fingerprint density at radius 2 is 2.20 bits per heavy atom. The molecule has 2 N–H and O–H groups in total. The summed E-state index contributed by atoms with van der Waals surface area (Å²) >= 11 is 0. The van der Waals surface area contributed by atoms with Gasteiger partial charge in [-0.05, 0) is 32.0 Å². The molecule has 3 rings (SSSR count). The summed E-state index contributed by atoms with van der Waals surface area (Å²) in [6.07, 6.45) is 1.15. The average Bonchev–Trinajstić information content (AvgIpc) is 2.63. The van der Waals surface area contributed by atoms with E-state index >= 15 is 0 Å². The molecule has 1 aromatic carbocycles. The maximum Gasteiger partial charge on any atom is 0.229 e. The van der Waals surface area contributed by atoms with E-state index in [1.807, 2.05) is 12.1 Å². The Morgan fingerprint density at radius 1 is 1.45 bits per heavy atom. The second kappa shape index (κ2) is 4.26. The van der Waals surface area contributed by atoms with Crippen molar-refractivity contribution in [3.8, 4) is 5.75 Å². The van der Waals surface area contributed by atoms with Crippen LogP contribution in [0.5, 0.6) is 5.75 Å². The molecule has 0 spiro atoms. The van der Waals surface area contributed by atoms with Gasteiger partial charge < -0.3 is 9.64 Å². The number of hydrogen-bond donors (Lipinski definition) is 2. The van der Waals surface area contributed by atoms with Crippen LogP contribution in [0.15, 0.2) is 18.2 Å². The number of fused-ring (bicyclic) bond motifs is 3. The van der Waals surface area contributed by atoms with E-state index in [0.717, 1.165) is 24.2 Å². The molecular weight excluding hydrogens is 278 g/mol. The smallest absolute Gasteiger partial charge is 0.229 e. The Kier molecular flexibility index (Phi) is 2.88. The van der Waals surface area contributed by atoms with Crippen LogP contribution in [0.25, 0.3) is 0 Å². The molecule has 2 aliphatic heterocycles. The van der Waals surface area contributed by atoms with Gasteiger partial charge in [-0.1, -0.05) is 0 Å². The third-order valence-electron chi connectivity index (χ3n) is 3.69. The first-order valence-corrected chi connectivity index (χ1v) is 8.44. The lowest BCUT2D eigenvalue weighted by atomic mass is 10.1. The Morgan fingerprint density at radius 3 is 2.90 bits per heavy atom. The van der Waals surface area contributed by atoms with Crippen LogP contribution in [0.1, 0.15) is 13.8 Å². The van der Waals surface area contributed by atoms with E-state index in [4.69, 9.17) is 4.74 Å². The van der Waals surface area contributed by atoms with Gasteiger partial charge in [0.25, 0.3) is 0 Å². The van der Waals surface area contributed by atoms with Gasteiger partial charge in [0, 0.05) is 6.54 Å². The number of hydrogen-bond acceptors (Lipinski definition) is 5. The molecule has 7 heteroatoms. The van der Waals surface area contributed by atoms with E-state index in [1.54, 1.807) is 6.07 Å². The van der Waals surface area contributed by atoms with Crippen LogP contribution in [-0.2, 0) is 10.0 Å². The van der Waals surface area contributed by atoms with Gasteiger partial charge in [0.2, 0.25) is 10.0 Å². The van der Waals surface area contributed by atoms with Crippen molar-refractivity contribution >= 4 is 21.4 Å². The Labute approximate surface area is 119 Å². The van der Waals surface area contributed by atoms with Crippen LogP contribution in [0, 0.1) is 0 Å². The van der Waals surface area contributed by atoms with Gasteiger partial charge in [0.05, 0.1) is 29.3 Å². The molecule has 110 valence electrons.